The highest BCUT2D eigenvalue weighted by Gasteiger charge is 2.31. The highest BCUT2D eigenvalue weighted by Crippen LogP contribution is 2.08. The third-order valence-corrected chi connectivity index (χ3v) is 4.96. The lowest BCUT2D eigenvalue weighted by Crippen LogP contribution is -2.57. The van der Waals surface area contributed by atoms with Gasteiger partial charge in [-0.1, -0.05) is 13.8 Å². The average molecular weight is 532 g/mol. The number of guanidine groups is 1. The molecule has 0 spiro atoms. The van der Waals surface area contributed by atoms with Crippen LogP contribution in [0.5, 0.6) is 0 Å². The Bertz CT molecular complexity index is 850. The summed E-state index contributed by atoms with van der Waals surface area (Å²) >= 11 is 0. The van der Waals surface area contributed by atoms with E-state index in [2.05, 4.69) is 21.3 Å². The molecule has 0 aromatic rings. The molecule has 16 nitrogen and oxygen atoms in total. The molecule has 0 aliphatic carbocycles. The molecule has 0 fully saturated rings. The van der Waals surface area contributed by atoms with Gasteiger partial charge in [-0.05, 0) is 31.6 Å². The maximum atomic E-state index is 12.8. The first-order valence-electron chi connectivity index (χ1n) is 11.5. The van der Waals surface area contributed by atoms with Crippen molar-refractivity contribution in [3.8, 4) is 0 Å². The fourth-order valence-corrected chi connectivity index (χ4v) is 3.11. The monoisotopic (exact) mass is 531 g/mol. The lowest BCUT2D eigenvalue weighted by atomic mass is 10.0. The van der Waals surface area contributed by atoms with E-state index in [-0.39, 0.29) is 31.3 Å². The van der Waals surface area contributed by atoms with E-state index in [1.165, 1.54) is 0 Å². The van der Waals surface area contributed by atoms with Crippen molar-refractivity contribution in [1.29, 1.82) is 5.41 Å². The van der Waals surface area contributed by atoms with Gasteiger partial charge >= 0.3 is 17.9 Å². The van der Waals surface area contributed by atoms with Crippen LogP contribution in [0.4, 0.5) is 0 Å². The molecule has 16 heteroatoms. The van der Waals surface area contributed by atoms with Gasteiger partial charge in [0, 0.05) is 13.0 Å². The Kier molecular flexibility index (Phi) is 14.9. The number of aliphatic carboxylic acids is 3. The van der Waals surface area contributed by atoms with Crippen LogP contribution in [-0.4, -0.2) is 87.6 Å². The van der Waals surface area contributed by atoms with Crippen LogP contribution in [0.25, 0.3) is 0 Å². The number of carboxylic acid groups (broad SMARTS) is 3. The van der Waals surface area contributed by atoms with Crippen molar-refractivity contribution in [3.05, 3.63) is 0 Å². The minimum atomic E-state index is -1.66. The van der Waals surface area contributed by atoms with Crippen molar-refractivity contribution in [2.75, 3.05) is 6.54 Å². The summed E-state index contributed by atoms with van der Waals surface area (Å²) in [5.74, 6) is -7.35. The third kappa shape index (κ3) is 14.9. The minimum absolute atomic E-state index is 0.0677. The van der Waals surface area contributed by atoms with Gasteiger partial charge in [-0.2, -0.15) is 0 Å². The van der Waals surface area contributed by atoms with E-state index in [9.17, 15) is 33.9 Å². The Balaban J connectivity index is 5.47. The number of hydrogen-bond acceptors (Lipinski definition) is 8. The molecule has 0 saturated heterocycles. The fraction of sp³-hybridized carbons (Fsp3) is 0.667. The van der Waals surface area contributed by atoms with E-state index in [4.69, 9.17) is 27.1 Å². The average Bonchev–Trinajstić information content (AvgIpc) is 2.76. The van der Waals surface area contributed by atoms with Gasteiger partial charge in [0.05, 0.1) is 12.5 Å². The standard InChI is InChI=1S/C21H37N7O9/c1-10(2)8-14(20(36)37)28-18(34)12(5-6-15(29)30)26-19(35)13(9-16(31)32)27-17(33)11(22)4-3-7-25-21(23)24/h10-14H,3-9,22H2,1-2H3,(H,26,35)(H,27,33)(H,28,34)(H,29,30)(H,31,32)(H,36,37)(H4,23,24,25)/t11-,12-,13-,14-/m0/s1. The summed E-state index contributed by atoms with van der Waals surface area (Å²) in [5.41, 5.74) is 10.9. The second-order valence-electron chi connectivity index (χ2n) is 8.77. The molecule has 0 rings (SSSR count). The number of nitrogens with one attached hydrogen (secondary N) is 5. The molecule has 0 aromatic carbocycles. The Morgan fingerprint density at radius 2 is 1.35 bits per heavy atom. The fourth-order valence-electron chi connectivity index (χ4n) is 3.11. The Morgan fingerprint density at radius 1 is 0.811 bits per heavy atom. The van der Waals surface area contributed by atoms with Crippen molar-refractivity contribution in [2.45, 2.75) is 76.5 Å². The maximum Gasteiger partial charge on any atom is 0.326 e. The highest BCUT2D eigenvalue weighted by molar-refractivity contribution is 5.95. The van der Waals surface area contributed by atoms with Crippen LogP contribution in [-0.2, 0) is 28.8 Å². The molecule has 0 aliphatic heterocycles. The van der Waals surface area contributed by atoms with E-state index in [0.717, 1.165) is 0 Å². The summed E-state index contributed by atoms with van der Waals surface area (Å²) < 4.78 is 0. The number of hydrogen-bond donors (Lipinski definition) is 10. The summed E-state index contributed by atoms with van der Waals surface area (Å²) in [6.45, 7) is 3.72. The van der Waals surface area contributed by atoms with Crippen LogP contribution in [0.1, 0.15) is 52.4 Å². The highest BCUT2D eigenvalue weighted by atomic mass is 16.4. The van der Waals surface area contributed by atoms with Crippen LogP contribution in [0.2, 0.25) is 0 Å². The number of carbonyl (C=O) groups is 6. The van der Waals surface area contributed by atoms with Crippen LogP contribution in [0.15, 0.2) is 0 Å². The summed E-state index contributed by atoms with van der Waals surface area (Å²) in [4.78, 5) is 71.7. The molecule has 210 valence electrons. The minimum Gasteiger partial charge on any atom is -0.481 e. The Labute approximate surface area is 213 Å². The zero-order valence-corrected chi connectivity index (χ0v) is 20.8. The molecule has 12 N–H and O–H groups in total. The molecule has 0 saturated carbocycles. The smallest absolute Gasteiger partial charge is 0.326 e. The molecule has 0 aromatic heterocycles. The first-order valence-corrected chi connectivity index (χ1v) is 11.5. The molecule has 0 radical (unpaired) electrons. The van der Waals surface area contributed by atoms with Crippen LogP contribution < -0.4 is 32.7 Å². The van der Waals surface area contributed by atoms with E-state index in [1.807, 2.05) is 0 Å². The van der Waals surface area contributed by atoms with Gasteiger partial charge in [0.1, 0.15) is 18.1 Å². The van der Waals surface area contributed by atoms with E-state index in [1.54, 1.807) is 13.8 Å². The predicted molar refractivity (Wildman–Crippen MR) is 129 cm³/mol. The molecular formula is C21H37N7O9. The van der Waals surface area contributed by atoms with Crippen molar-refractivity contribution in [2.24, 2.45) is 17.4 Å². The van der Waals surface area contributed by atoms with Crippen LogP contribution in [0.3, 0.4) is 0 Å². The lowest BCUT2D eigenvalue weighted by molar-refractivity contribution is -0.144. The second-order valence-corrected chi connectivity index (χ2v) is 8.77. The first-order chi connectivity index (χ1) is 17.1. The maximum absolute atomic E-state index is 12.8. The molecule has 0 unspecified atom stereocenters. The molecule has 4 atom stereocenters. The topological polar surface area (TPSA) is 287 Å². The summed E-state index contributed by atoms with van der Waals surface area (Å²) in [7, 11) is 0. The van der Waals surface area contributed by atoms with E-state index >= 15 is 0 Å². The molecule has 0 bridgehead atoms. The summed E-state index contributed by atoms with van der Waals surface area (Å²) in [6, 6.07) is -5.60. The van der Waals surface area contributed by atoms with E-state index in [0.29, 0.717) is 6.42 Å². The number of amides is 3. The zero-order valence-electron chi connectivity index (χ0n) is 20.8. The summed E-state index contributed by atoms with van der Waals surface area (Å²) in [5, 5.41) is 43.8. The van der Waals surface area contributed by atoms with E-state index < -0.39 is 79.1 Å². The largest absolute Gasteiger partial charge is 0.481 e. The number of nitrogens with two attached hydrogens (primary N) is 2. The van der Waals surface area contributed by atoms with Gasteiger partial charge < -0.3 is 48.1 Å². The molecule has 0 aliphatic rings. The van der Waals surface area contributed by atoms with Gasteiger partial charge in [-0.25, -0.2) is 4.79 Å². The molecular weight excluding hydrogens is 494 g/mol. The van der Waals surface area contributed by atoms with Gasteiger partial charge in [0.25, 0.3) is 0 Å². The SMILES string of the molecule is CC(C)C[C@H](NC(=O)[C@H](CCC(=O)O)NC(=O)[C@H](CC(=O)O)NC(=O)[C@@H](N)CCCNC(=N)N)C(=O)O. The lowest BCUT2D eigenvalue weighted by Gasteiger charge is -2.25. The van der Waals surface area contributed by atoms with Gasteiger partial charge in [0.15, 0.2) is 5.96 Å². The van der Waals surface area contributed by atoms with Gasteiger partial charge in [-0.15, -0.1) is 0 Å². The van der Waals surface area contributed by atoms with Crippen molar-refractivity contribution >= 4 is 41.6 Å². The molecule has 3 amide bonds. The predicted octanol–water partition coefficient (Wildman–Crippen LogP) is -2.50. The third-order valence-electron chi connectivity index (χ3n) is 4.96. The van der Waals surface area contributed by atoms with Gasteiger partial charge in [0.2, 0.25) is 17.7 Å². The van der Waals surface area contributed by atoms with Gasteiger partial charge in [-0.3, -0.25) is 29.4 Å². The molecule has 0 heterocycles. The van der Waals surface area contributed by atoms with Crippen molar-refractivity contribution in [1.82, 2.24) is 21.3 Å². The summed E-state index contributed by atoms with van der Waals surface area (Å²) in [6.07, 6.45) is -1.33. The number of carboxylic acids is 3. The van der Waals surface area contributed by atoms with Crippen molar-refractivity contribution < 1.29 is 44.1 Å². The number of carbonyl (C=O) groups excluding carboxylic acids is 3. The normalized spacial score (nSPS) is 13.9. The van der Waals surface area contributed by atoms with Crippen LogP contribution in [0, 0.1) is 11.3 Å². The molecule has 37 heavy (non-hydrogen) atoms. The quantitative estimate of drug-likeness (QED) is 0.0499. The second kappa shape index (κ2) is 16.7. The first kappa shape index (κ1) is 33.0. The Morgan fingerprint density at radius 3 is 1.84 bits per heavy atom. The Hall–Kier alpha value is -3.95. The van der Waals surface area contributed by atoms with Crippen LogP contribution >= 0.6 is 0 Å². The number of rotatable bonds is 18. The zero-order chi connectivity index (χ0) is 28.7. The van der Waals surface area contributed by atoms with Crippen molar-refractivity contribution in [3.63, 3.8) is 0 Å².